The molecule has 0 amide bonds. The highest BCUT2D eigenvalue weighted by molar-refractivity contribution is 5.52. The number of methoxy groups -OCH3 is 1. The van der Waals surface area contributed by atoms with Crippen molar-refractivity contribution in [2.45, 2.75) is 19.6 Å². The van der Waals surface area contributed by atoms with Gasteiger partial charge in [-0.05, 0) is 17.5 Å². The predicted molar refractivity (Wildman–Crippen MR) is 84.9 cm³/mol. The van der Waals surface area contributed by atoms with E-state index in [0.717, 1.165) is 36.7 Å². The zero-order chi connectivity index (χ0) is 14.9. The third-order valence-corrected chi connectivity index (χ3v) is 4.14. The number of nitrogens with zero attached hydrogens (tertiary/aromatic N) is 4. The Morgan fingerprint density at radius 2 is 2.05 bits per heavy atom. The Hall–Kier alpha value is -2.40. The molecule has 5 heteroatoms. The summed E-state index contributed by atoms with van der Waals surface area (Å²) >= 11 is 0. The summed E-state index contributed by atoms with van der Waals surface area (Å²) in [6, 6.07) is 12.7. The summed E-state index contributed by atoms with van der Waals surface area (Å²) in [7, 11) is 1.69. The van der Waals surface area contributed by atoms with Gasteiger partial charge in [0.05, 0.1) is 18.5 Å². The van der Waals surface area contributed by atoms with Crippen molar-refractivity contribution < 1.29 is 4.74 Å². The van der Waals surface area contributed by atoms with Crippen molar-refractivity contribution in [3.05, 3.63) is 59.4 Å². The maximum absolute atomic E-state index is 5.24. The summed E-state index contributed by atoms with van der Waals surface area (Å²) < 4.78 is 7.15. The van der Waals surface area contributed by atoms with Gasteiger partial charge < -0.3 is 9.64 Å². The molecule has 0 saturated heterocycles. The molecule has 0 aliphatic carbocycles. The summed E-state index contributed by atoms with van der Waals surface area (Å²) in [5.74, 6) is 1.08. The summed E-state index contributed by atoms with van der Waals surface area (Å²) in [5.41, 5.74) is 4.63. The monoisotopic (exact) mass is 294 g/mol. The van der Waals surface area contributed by atoms with Gasteiger partial charge >= 0.3 is 0 Å². The van der Waals surface area contributed by atoms with Crippen LogP contribution in [-0.2, 0) is 24.3 Å². The molecule has 2 aromatic heterocycles. The molecule has 112 valence electrons. The van der Waals surface area contributed by atoms with E-state index in [1.54, 1.807) is 13.3 Å². The van der Waals surface area contributed by atoms with Crippen LogP contribution >= 0.6 is 0 Å². The average Bonchev–Trinajstić information content (AvgIpc) is 3.02. The van der Waals surface area contributed by atoms with Crippen LogP contribution in [-0.4, -0.2) is 28.3 Å². The number of anilines is 1. The zero-order valence-electron chi connectivity index (χ0n) is 12.6. The van der Waals surface area contributed by atoms with E-state index < -0.39 is 0 Å². The van der Waals surface area contributed by atoms with Gasteiger partial charge in [0.25, 0.3) is 0 Å². The topological polar surface area (TPSA) is 42.7 Å². The van der Waals surface area contributed by atoms with Gasteiger partial charge in [0.1, 0.15) is 5.82 Å². The third kappa shape index (κ3) is 2.23. The summed E-state index contributed by atoms with van der Waals surface area (Å²) in [4.78, 5) is 6.94. The first-order chi connectivity index (χ1) is 10.8. The van der Waals surface area contributed by atoms with Crippen LogP contribution in [0.15, 0.2) is 42.6 Å². The fourth-order valence-electron chi connectivity index (χ4n) is 3.09. The molecule has 0 radical (unpaired) electrons. The average molecular weight is 294 g/mol. The fourth-order valence-corrected chi connectivity index (χ4v) is 3.09. The molecule has 1 aliphatic heterocycles. The number of ether oxygens (including phenoxy) is 1. The van der Waals surface area contributed by atoms with Gasteiger partial charge in [-0.3, -0.25) is 0 Å². The maximum atomic E-state index is 5.24. The van der Waals surface area contributed by atoms with Gasteiger partial charge in [0.15, 0.2) is 5.65 Å². The van der Waals surface area contributed by atoms with Gasteiger partial charge in [0, 0.05) is 32.3 Å². The van der Waals surface area contributed by atoms with Gasteiger partial charge in [0.2, 0.25) is 0 Å². The molecular formula is C17H18N4O. The second-order valence-corrected chi connectivity index (χ2v) is 5.58. The molecule has 5 nitrogen and oxygen atoms in total. The van der Waals surface area contributed by atoms with Gasteiger partial charge in [-0.1, -0.05) is 24.3 Å². The van der Waals surface area contributed by atoms with Crippen LogP contribution in [0.1, 0.15) is 16.8 Å². The molecule has 0 fully saturated rings. The number of rotatable bonds is 3. The molecule has 1 aliphatic rings. The summed E-state index contributed by atoms with van der Waals surface area (Å²) in [6.07, 6.45) is 2.85. The van der Waals surface area contributed by atoms with E-state index in [1.165, 1.54) is 11.1 Å². The van der Waals surface area contributed by atoms with Crippen molar-refractivity contribution >= 4 is 11.5 Å². The van der Waals surface area contributed by atoms with Crippen molar-refractivity contribution in [3.8, 4) is 0 Å². The van der Waals surface area contributed by atoms with Crippen molar-refractivity contribution in [2.75, 3.05) is 18.6 Å². The minimum Gasteiger partial charge on any atom is -0.378 e. The molecule has 4 rings (SSSR count). The predicted octanol–water partition coefficient (Wildman–Crippen LogP) is 2.44. The van der Waals surface area contributed by atoms with Crippen LogP contribution < -0.4 is 4.90 Å². The highest BCUT2D eigenvalue weighted by Crippen LogP contribution is 2.25. The van der Waals surface area contributed by atoms with E-state index in [0.29, 0.717) is 6.61 Å². The largest absolute Gasteiger partial charge is 0.378 e. The standard InChI is InChI=1S/C17H18N4O/c1-22-12-15-10-17(21-16(19-15)6-8-18-21)20-9-7-13-4-2-3-5-14(13)11-20/h2-6,8,10H,7,9,11-12H2,1H3. The first-order valence-corrected chi connectivity index (χ1v) is 7.49. The van der Waals surface area contributed by atoms with E-state index in [4.69, 9.17) is 4.74 Å². The Morgan fingerprint density at radius 3 is 2.91 bits per heavy atom. The molecular weight excluding hydrogens is 276 g/mol. The van der Waals surface area contributed by atoms with Gasteiger partial charge in [-0.25, -0.2) is 4.98 Å². The lowest BCUT2D eigenvalue weighted by molar-refractivity contribution is 0.181. The quantitative estimate of drug-likeness (QED) is 0.744. The maximum Gasteiger partial charge on any atom is 0.157 e. The molecule has 0 spiro atoms. The smallest absolute Gasteiger partial charge is 0.157 e. The Balaban J connectivity index is 1.76. The number of fused-ring (bicyclic) bond motifs is 2. The minimum absolute atomic E-state index is 0.513. The first kappa shape index (κ1) is 13.3. The van der Waals surface area contributed by atoms with Crippen LogP contribution in [0.5, 0.6) is 0 Å². The van der Waals surface area contributed by atoms with Gasteiger partial charge in [-0.15, -0.1) is 0 Å². The Bertz CT molecular complexity index is 811. The SMILES string of the molecule is COCc1cc(N2CCc3ccccc3C2)n2nccc2n1. The van der Waals surface area contributed by atoms with Crippen LogP contribution in [0.2, 0.25) is 0 Å². The van der Waals surface area contributed by atoms with Crippen LogP contribution in [0.3, 0.4) is 0 Å². The lowest BCUT2D eigenvalue weighted by Gasteiger charge is -2.30. The van der Waals surface area contributed by atoms with E-state index in [2.05, 4.69) is 45.3 Å². The highest BCUT2D eigenvalue weighted by Gasteiger charge is 2.19. The third-order valence-electron chi connectivity index (χ3n) is 4.14. The molecule has 0 N–H and O–H groups in total. The summed E-state index contributed by atoms with van der Waals surface area (Å²) in [5, 5.41) is 4.42. The van der Waals surface area contributed by atoms with Crippen molar-refractivity contribution in [1.29, 1.82) is 0 Å². The van der Waals surface area contributed by atoms with Crippen molar-refractivity contribution in [1.82, 2.24) is 14.6 Å². The lowest BCUT2D eigenvalue weighted by Crippen LogP contribution is -2.32. The number of benzene rings is 1. The van der Waals surface area contributed by atoms with Crippen molar-refractivity contribution in [3.63, 3.8) is 0 Å². The Kier molecular flexibility index (Phi) is 3.27. The van der Waals surface area contributed by atoms with Crippen LogP contribution in [0.4, 0.5) is 5.82 Å². The number of hydrogen-bond acceptors (Lipinski definition) is 4. The second-order valence-electron chi connectivity index (χ2n) is 5.58. The van der Waals surface area contributed by atoms with E-state index in [9.17, 15) is 0 Å². The van der Waals surface area contributed by atoms with Crippen LogP contribution in [0, 0.1) is 0 Å². The molecule has 0 unspecified atom stereocenters. The highest BCUT2D eigenvalue weighted by atomic mass is 16.5. The zero-order valence-corrected chi connectivity index (χ0v) is 12.6. The van der Waals surface area contributed by atoms with Gasteiger partial charge in [-0.2, -0.15) is 9.61 Å². The Morgan fingerprint density at radius 1 is 1.18 bits per heavy atom. The Labute approximate surface area is 129 Å². The molecule has 0 atom stereocenters. The molecule has 22 heavy (non-hydrogen) atoms. The minimum atomic E-state index is 0.513. The van der Waals surface area contributed by atoms with E-state index >= 15 is 0 Å². The molecule has 3 aromatic rings. The summed E-state index contributed by atoms with van der Waals surface area (Å²) in [6.45, 7) is 2.41. The lowest BCUT2D eigenvalue weighted by atomic mass is 10.00. The van der Waals surface area contributed by atoms with E-state index in [-0.39, 0.29) is 0 Å². The van der Waals surface area contributed by atoms with E-state index in [1.807, 2.05) is 10.6 Å². The second kappa shape index (κ2) is 5.42. The van der Waals surface area contributed by atoms with Crippen molar-refractivity contribution in [2.24, 2.45) is 0 Å². The first-order valence-electron chi connectivity index (χ1n) is 7.49. The molecule has 1 aromatic carbocycles. The fraction of sp³-hybridized carbons (Fsp3) is 0.294. The molecule has 0 saturated carbocycles. The number of aromatic nitrogens is 3. The number of hydrogen-bond donors (Lipinski definition) is 0. The van der Waals surface area contributed by atoms with Crippen LogP contribution in [0.25, 0.3) is 5.65 Å². The molecule has 0 bridgehead atoms. The normalized spacial score (nSPS) is 14.3. The molecule has 3 heterocycles.